The Hall–Kier alpha value is -2.01. The molecule has 0 atom stereocenters. The van der Waals surface area contributed by atoms with Gasteiger partial charge < -0.3 is 23.3 Å². The molecule has 0 bridgehead atoms. The number of amides is 1. The van der Waals surface area contributed by atoms with Crippen LogP contribution in [0.2, 0.25) is 6.04 Å². The Morgan fingerprint density at radius 2 is 1.75 bits per heavy atom. The van der Waals surface area contributed by atoms with E-state index in [0.717, 1.165) is 0 Å². The van der Waals surface area contributed by atoms with Crippen LogP contribution in [0.1, 0.15) is 12.0 Å². The van der Waals surface area contributed by atoms with Crippen molar-refractivity contribution in [2.24, 2.45) is 0 Å². The summed E-state index contributed by atoms with van der Waals surface area (Å²) in [6.45, 7) is 0.431. The van der Waals surface area contributed by atoms with E-state index in [9.17, 15) is 14.9 Å². The van der Waals surface area contributed by atoms with Gasteiger partial charge in [-0.05, 0) is 24.1 Å². The predicted octanol–water partition coefficient (Wildman–Crippen LogP) is 2.09. The molecule has 1 aromatic rings. The molecule has 0 aliphatic carbocycles. The first-order valence-electron chi connectivity index (χ1n) is 7.25. The van der Waals surface area contributed by atoms with Crippen molar-refractivity contribution >= 4 is 20.6 Å². The Balaban J connectivity index is 2.28. The predicted molar refractivity (Wildman–Crippen MR) is 87.5 cm³/mol. The molecule has 0 aromatic heterocycles. The second-order valence-electron chi connectivity index (χ2n) is 4.83. The minimum atomic E-state index is -2.62. The van der Waals surface area contributed by atoms with Gasteiger partial charge in [-0.15, -0.1) is 0 Å². The average Bonchev–Trinajstić information content (AvgIpc) is 2.61. The normalized spacial score (nSPS) is 11.1. The summed E-state index contributed by atoms with van der Waals surface area (Å²) in [7, 11) is 1.98. The molecule has 9 nitrogen and oxygen atoms in total. The van der Waals surface area contributed by atoms with Crippen molar-refractivity contribution < 1.29 is 27.7 Å². The van der Waals surface area contributed by atoms with Gasteiger partial charge in [-0.25, -0.2) is 4.79 Å². The van der Waals surface area contributed by atoms with Crippen LogP contribution in [0.15, 0.2) is 24.3 Å². The van der Waals surface area contributed by atoms with Crippen LogP contribution < -0.4 is 5.32 Å². The van der Waals surface area contributed by atoms with E-state index in [0.29, 0.717) is 24.6 Å². The zero-order valence-electron chi connectivity index (χ0n) is 13.9. The molecule has 134 valence electrons. The molecule has 0 saturated carbocycles. The molecule has 0 saturated heterocycles. The fraction of sp³-hybridized carbons (Fsp3) is 0.500. The maximum absolute atomic E-state index is 11.6. The lowest BCUT2D eigenvalue weighted by Crippen LogP contribution is -2.43. The first-order chi connectivity index (χ1) is 11.5. The van der Waals surface area contributed by atoms with E-state index in [1.165, 1.54) is 33.5 Å². The number of rotatable bonds is 10. The summed E-state index contributed by atoms with van der Waals surface area (Å²) in [6.07, 6.45) is 0.0573. The van der Waals surface area contributed by atoms with E-state index in [1.54, 1.807) is 12.1 Å². The number of non-ortho nitro benzene ring substituents is 1. The van der Waals surface area contributed by atoms with E-state index in [-0.39, 0.29) is 12.3 Å². The van der Waals surface area contributed by atoms with Gasteiger partial charge in [0.15, 0.2) is 0 Å². The molecule has 10 heteroatoms. The molecule has 0 spiro atoms. The average molecular weight is 358 g/mol. The molecule has 0 aliphatic heterocycles. The Morgan fingerprint density at radius 3 is 2.25 bits per heavy atom. The van der Waals surface area contributed by atoms with Crippen molar-refractivity contribution in [3.63, 3.8) is 0 Å². The SMILES string of the molecule is CO[Si](CCCNC(=O)OCc1ccc([N+](=O)[O-])cc1)(OC)OC. The highest BCUT2D eigenvalue weighted by molar-refractivity contribution is 6.60. The monoisotopic (exact) mass is 358 g/mol. The van der Waals surface area contributed by atoms with Crippen LogP contribution in [-0.2, 0) is 24.6 Å². The van der Waals surface area contributed by atoms with Crippen LogP contribution in [0.4, 0.5) is 10.5 Å². The summed E-state index contributed by atoms with van der Waals surface area (Å²) in [5.41, 5.74) is 0.658. The summed E-state index contributed by atoms with van der Waals surface area (Å²) < 4.78 is 20.9. The zero-order chi connectivity index (χ0) is 18.0. The first kappa shape index (κ1) is 20.0. The van der Waals surface area contributed by atoms with Crippen molar-refractivity contribution in [3.05, 3.63) is 39.9 Å². The van der Waals surface area contributed by atoms with Gasteiger partial charge in [0.2, 0.25) is 0 Å². The van der Waals surface area contributed by atoms with E-state index in [4.69, 9.17) is 18.0 Å². The van der Waals surface area contributed by atoms with Gasteiger partial charge in [-0.3, -0.25) is 10.1 Å². The second-order valence-corrected chi connectivity index (χ2v) is 7.92. The van der Waals surface area contributed by atoms with Crippen LogP contribution in [-0.4, -0.2) is 47.7 Å². The van der Waals surface area contributed by atoms with E-state index >= 15 is 0 Å². The van der Waals surface area contributed by atoms with Gasteiger partial charge in [0.05, 0.1) is 4.92 Å². The molecule has 0 unspecified atom stereocenters. The van der Waals surface area contributed by atoms with Crippen LogP contribution in [0.25, 0.3) is 0 Å². The van der Waals surface area contributed by atoms with Gasteiger partial charge in [-0.1, -0.05) is 0 Å². The fourth-order valence-electron chi connectivity index (χ4n) is 1.97. The number of hydrogen-bond donors (Lipinski definition) is 1. The van der Waals surface area contributed by atoms with Gasteiger partial charge in [0, 0.05) is 46.1 Å². The van der Waals surface area contributed by atoms with Crippen LogP contribution >= 0.6 is 0 Å². The summed E-state index contributed by atoms with van der Waals surface area (Å²) in [5.74, 6) is 0. The fourth-order valence-corrected chi connectivity index (χ4v) is 3.69. The highest BCUT2D eigenvalue weighted by Crippen LogP contribution is 2.14. The summed E-state index contributed by atoms with van der Waals surface area (Å²) in [5, 5.41) is 13.2. The maximum Gasteiger partial charge on any atom is 0.500 e. The molecule has 1 N–H and O–H groups in total. The first-order valence-corrected chi connectivity index (χ1v) is 9.19. The van der Waals surface area contributed by atoms with Crippen LogP contribution in [0.5, 0.6) is 0 Å². The lowest BCUT2D eigenvalue weighted by atomic mass is 10.2. The van der Waals surface area contributed by atoms with Crippen molar-refractivity contribution in [2.75, 3.05) is 27.9 Å². The van der Waals surface area contributed by atoms with Crippen LogP contribution in [0, 0.1) is 10.1 Å². The van der Waals surface area contributed by atoms with Gasteiger partial charge in [0.25, 0.3) is 5.69 Å². The third kappa shape index (κ3) is 6.24. The Bertz CT molecular complexity index is 526. The Kier molecular flexibility index (Phi) is 8.33. The minimum absolute atomic E-state index is 0.00900. The highest BCUT2D eigenvalue weighted by Gasteiger charge is 2.36. The molecule has 0 radical (unpaired) electrons. The summed E-state index contributed by atoms with van der Waals surface area (Å²) in [6, 6.07) is 6.38. The van der Waals surface area contributed by atoms with Gasteiger partial charge >= 0.3 is 14.9 Å². The number of nitrogens with zero attached hydrogens (tertiary/aromatic N) is 1. The van der Waals surface area contributed by atoms with Crippen LogP contribution in [0.3, 0.4) is 0 Å². The zero-order valence-corrected chi connectivity index (χ0v) is 14.9. The third-order valence-corrected chi connectivity index (χ3v) is 6.21. The number of carbonyl (C=O) groups excluding carboxylic acids is 1. The molecular weight excluding hydrogens is 336 g/mol. The number of carbonyl (C=O) groups is 1. The number of hydrogen-bond acceptors (Lipinski definition) is 7. The Morgan fingerprint density at radius 1 is 1.17 bits per heavy atom. The summed E-state index contributed by atoms with van der Waals surface area (Å²) in [4.78, 5) is 21.7. The molecule has 0 fully saturated rings. The maximum atomic E-state index is 11.6. The topological polar surface area (TPSA) is 109 Å². The Labute approximate surface area is 141 Å². The van der Waals surface area contributed by atoms with Crippen molar-refractivity contribution in [2.45, 2.75) is 19.1 Å². The second kappa shape index (κ2) is 9.98. The molecule has 24 heavy (non-hydrogen) atoms. The number of alkyl carbamates (subject to hydrolysis) is 1. The number of nitrogens with one attached hydrogen (secondary N) is 1. The quantitative estimate of drug-likeness (QED) is 0.295. The highest BCUT2D eigenvalue weighted by atomic mass is 28.4. The smallest absolute Gasteiger partial charge is 0.445 e. The van der Waals surface area contributed by atoms with Crippen molar-refractivity contribution in [3.8, 4) is 0 Å². The lowest BCUT2D eigenvalue weighted by molar-refractivity contribution is -0.384. The molecule has 1 aromatic carbocycles. The number of ether oxygens (including phenoxy) is 1. The van der Waals surface area contributed by atoms with Gasteiger partial charge in [-0.2, -0.15) is 0 Å². The minimum Gasteiger partial charge on any atom is -0.445 e. The molecule has 1 amide bonds. The van der Waals surface area contributed by atoms with E-state index in [2.05, 4.69) is 5.32 Å². The largest absolute Gasteiger partial charge is 0.500 e. The lowest BCUT2D eigenvalue weighted by Gasteiger charge is -2.24. The van der Waals surface area contributed by atoms with Crippen molar-refractivity contribution in [1.82, 2.24) is 5.32 Å². The third-order valence-electron chi connectivity index (χ3n) is 3.38. The number of nitro groups is 1. The van der Waals surface area contributed by atoms with Gasteiger partial charge in [0.1, 0.15) is 6.61 Å². The standard InChI is InChI=1S/C14H22N2O7Si/c1-20-24(21-2,22-3)10-4-9-15-14(17)23-11-12-5-7-13(8-6-12)16(18)19/h5-8H,4,9-11H2,1-3H3,(H,15,17). The number of nitro benzene ring substituents is 1. The summed E-state index contributed by atoms with van der Waals surface area (Å²) >= 11 is 0. The van der Waals surface area contributed by atoms with Crippen molar-refractivity contribution in [1.29, 1.82) is 0 Å². The number of benzene rings is 1. The molecular formula is C14H22N2O7Si. The molecule has 1 rings (SSSR count). The van der Waals surface area contributed by atoms with E-state index in [1.807, 2.05) is 0 Å². The van der Waals surface area contributed by atoms with E-state index < -0.39 is 19.8 Å². The molecule has 0 heterocycles. The molecule has 0 aliphatic rings.